The van der Waals surface area contributed by atoms with Crippen molar-refractivity contribution in [3.05, 3.63) is 18.2 Å². The molecule has 1 aliphatic heterocycles. The molecule has 2 unspecified atom stereocenters. The number of hydrogen-bond donors (Lipinski definition) is 4. The predicted octanol–water partition coefficient (Wildman–Crippen LogP) is 2.24. The summed E-state index contributed by atoms with van der Waals surface area (Å²) in [5.74, 6) is 0.369. The molecule has 1 heterocycles. The molecule has 4 N–H and O–H groups in total. The van der Waals surface area contributed by atoms with E-state index >= 15 is 0 Å². The van der Waals surface area contributed by atoms with Gasteiger partial charge in [0.05, 0.1) is 18.5 Å². The van der Waals surface area contributed by atoms with Crippen molar-refractivity contribution in [1.82, 2.24) is 10.9 Å². The summed E-state index contributed by atoms with van der Waals surface area (Å²) < 4.78 is 10.5. The zero-order chi connectivity index (χ0) is 18.6. The minimum Gasteiger partial charge on any atom is -0.497 e. The molecule has 1 saturated heterocycles. The van der Waals surface area contributed by atoms with Gasteiger partial charge in [-0.3, -0.25) is 15.5 Å². The summed E-state index contributed by atoms with van der Waals surface area (Å²) in [6.45, 7) is 7.33. The van der Waals surface area contributed by atoms with Crippen molar-refractivity contribution in [2.75, 3.05) is 17.7 Å². The lowest BCUT2D eigenvalue weighted by Gasteiger charge is -2.21. The van der Waals surface area contributed by atoms with Gasteiger partial charge in [0.1, 0.15) is 17.4 Å². The highest BCUT2D eigenvalue weighted by atomic mass is 16.6. The van der Waals surface area contributed by atoms with Gasteiger partial charge in [-0.25, -0.2) is 10.2 Å². The first-order valence-corrected chi connectivity index (χ1v) is 8.18. The fraction of sp³-hybridized carbons (Fsp3) is 0.529. The Hall–Kier alpha value is -2.32. The minimum absolute atomic E-state index is 0.197. The van der Waals surface area contributed by atoms with Gasteiger partial charge in [-0.15, -0.1) is 0 Å². The van der Waals surface area contributed by atoms with Crippen LogP contribution in [-0.4, -0.2) is 36.8 Å². The van der Waals surface area contributed by atoms with Crippen molar-refractivity contribution in [2.45, 2.75) is 51.8 Å². The SMILES string of the molecule is COc1ccc(NC(=O)OC(C)(C)C)c(NC(=O)C2CC(C)NN2)c1. The smallest absolute Gasteiger partial charge is 0.412 e. The number of hydrogen-bond acceptors (Lipinski definition) is 6. The number of carbonyl (C=O) groups excluding carboxylic acids is 2. The highest BCUT2D eigenvalue weighted by Gasteiger charge is 2.27. The van der Waals surface area contributed by atoms with Crippen LogP contribution >= 0.6 is 0 Å². The van der Waals surface area contributed by atoms with Gasteiger partial charge < -0.3 is 14.8 Å². The van der Waals surface area contributed by atoms with Crippen LogP contribution in [0.2, 0.25) is 0 Å². The largest absolute Gasteiger partial charge is 0.497 e. The molecule has 1 aromatic rings. The van der Waals surface area contributed by atoms with Crippen molar-refractivity contribution in [3.63, 3.8) is 0 Å². The third kappa shape index (κ3) is 5.61. The van der Waals surface area contributed by atoms with E-state index in [1.807, 2.05) is 6.92 Å². The van der Waals surface area contributed by atoms with Crippen LogP contribution in [0.3, 0.4) is 0 Å². The Bertz CT molecular complexity index is 642. The van der Waals surface area contributed by atoms with E-state index in [-0.39, 0.29) is 18.0 Å². The average molecular weight is 350 g/mol. The van der Waals surface area contributed by atoms with Gasteiger partial charge >= 0.3 is 6.09 Å². The first-order chi connectivity index (χ1) is 11.7. The molecule has 0 aromatic heterocycles. The first-order valence-electron chi connectivity index (χ1n) is 8.18. The second kappa shape index (κ2) is 7.71. The van der Waals surface area contributed by atoms with Gasteiger partial charge in [0, 0.05) is 12.1 Å². The maximum Gasteiger partial charge on any atom is 0.412 e. The summed E-state index contributed by atoms with van der Waals surface area (Å²) >= 11 is 0. The van der Waals surface area contributed by atoms with Crippen LogP contribution in [0.25, 0.3) is 0 Å². The van der Waals surface area contributed by atoms with E-state index in [1.165, 1.54) is 7.11 Å². The standard InChI is InChI=1S/C17H26N4O4/c1-10-8-14(21-20-10)15(22)18-13-9-11(24-5)6-7-12(13)19-16(23)25-17(2,3)4/h6-7,9-10,14,20-21H,8H2,1-5H3,(H,18,22)(H,19,23). The molecular weight excluding hydrogens is 324 g/mol. The second-order valence-electron chi connectivity index (χ2n) is 7.01. The zero-order valence-electron chi connectivity index (χ0n) is 15.2. The maximum atomic E-state index is 12.4. The molecule has 2 atom stereocenters. The lowest BCUT2D eigenvalue weighted by molar-refractivity contribution is -0.117. The molecule has 2 rings (SSSR count). The van der Waals surface area contributed by atoms with E-state index in [9.17, 15) is 9.59 Å². The maximum absolute atomic E-state index is 12.4. The molecule has 1 aromatic carbocycles. The summed E-state index contributed by atoms with van der Waals surface area (Å²) in [7, 11) is 1.53. The summed E-state index contributed by atoms with van der Waals surface area (Å²) in [5.41, 5.74) is 6.21. The van der Waals surface area contributed by atoms with Crippen LogP contribution in [0.15, 0.2) is 18.2 Å². The van der Waals surface area contributed by atoms with E-state index < -0.39 is 11.7 Å². The molecule has 0 bridgehead atoms. The molecule has 138 valence electrons. The van der Waals surface area contributed by atoms with Gasteiger partial charge in [-0.05, 0) is 46.2 Å². The van der Waals surface area contributed by atoms with Crippen LogP contribution in [0.5, 0.6) is 5.75 Å². The molecule has 25 heavy (non-hydrogen) atoms. The Labute approximate surface area is 147 Å². The molecule has 0 spiro atoms. The van der Waals surface area contributed by atoms with E-state index in [1.54, 1.807) is 39.0 Å². The Morgan fingerprint density at radius 3 is 2.44 bits per heavy atom. The summed E-state index contributed by atoms with van der Waals surface area (Å²) in [6.07, 6.45) is 0.0763. The van der Waals surface area contributed by atoms with Crippen molar-refractivity contribution in [1.29, 1.82) is 0 Å². The second-order valence-corrected chi connectivity index (χ2v) is 7.01. The topological polar surface area (TPSA) is 101 Å². The van der Waals surface area contributed by atoms with Crippen LogP contribution in [0.1, 0.15) is 34.1 Å². The van der Waals surface area contributed by atoms with Crippen molar-refractivity contribution in [2.24, 2.45) is 0 Å². The Morgan fingerprint density at radius 2 is 1.88 bits per heavy atom. The molecule has 1 aliphatic rings. The molecule has 0 aliphatic carbocycles. The van der Waals surface area contributed by atoms with Crippen LogP contribution < -0.4 is 26.2 Å². The number of ether oxygens (including phenoxy) is 2. The van der Waals surface area contributed by atoms with Crippen LogP contribution in [0, 0.1) is 0 Å². The van der Waals surface area contributed by atoms with Gasteiger partial charge in [-0.2, -0.15) is 0 Å². The molecule has 8 heteroatoms. The molecule has 8 nitrogen and oxygen atoms in total. The molecule has 0 saturated carbocycles. The third-order valence-corrected chi connectivity index (χ3v) is 3.53. The molecular formula is C17H26N4O4. The monoisotopic (exact) mass is 350 g/mol. The molecule has 1 fully saturated rings. The fourth-order valence-corrected chi connectivity index (χ4v) is 2.38. The number of rotatable bonds is 4. The van der Waals surface area contributed by atoms with Crippen molar-refractivity contribution < 1.29 is 19.1 Å². The Morgan fingerprint density at radius 1 is 1.16 bits per heavy atom. The number of methoxy groups -OCH3 is 1. The van der Waals surface area contributed by atoms with E-state index in [4.69, 9.17) is 9.47 Å². The molecule has 2 amide bonds. The Kier molecular flexibility index (Phi) is 5.86. The van der Waals surface area contributed by atoms with Crippen molar-refractivity contribution >= 4 is 23.4 Å². The quantitative estimate of drug-likeness (QED) is 0.664. The summed E-state index contributed by atoms with van der Waals surface area (Å²) in [5, 5.41) is 5.48. The minimum atomic E-state index is -0.616. The fourth-order valence-electron chi connectivity index (χ4n) is 2.38. The number of nitrogens with one attached hydrogen (secondary N) is 4. The van der Waals surface area contributed by atoms with Crippen LogP contribution in [0.4, 0.5) is 16.2 Å². The number of benzene rings is 1. The molecule has 0 radical (unpaired) electrons. The number of anilines is 2. The number of carbonyl (C=O) groups is 2. The lowest BCUT2D eigenvalue weighted by atomic mass is 10.1. The van der Waals surface area contributed by atoms with Gasteiger partial charge in [-0.1, -0.05) is 0 Å². The van der Waals surface area contributed by atoms with Gasteiger partial charge in [0.25, 0.3) is 0 Å². The Balaban J connectivity index is 2.14. The van der Waals surface area contributed by atoms with Gasteiger partial charge in [0.2, 0.25) is 5.91 Å². The van der Waals surface area contributed by atoms with Crippen molar-refractivity contribution in [3.8, 4) is 5.75 Å². The highest BCUT2D eigenvalue weighted by molar-refractivity contribution is 6.00. The number of amides is 2. The lowest BCUT2D eigenvalue weighted by Crippen LogP contribution is -2.40. The number of hydrazine groups is 1. The van der Waals surface area contributed by atoms with E-state index in [0.29, 0.717) is 23.5 Å². The zero-order valence-corrected chi connectivity index (χ0v) is 15.2. The summed E-state index contributed by atoms with van der Waals surface area (Å²) in [6, 6.07) is 4.85. The van der Waals surface area contributed by atoms with Crippen LogP contribution in [-0.2, 0) is 9.53 Å². The highest BCUT2D eigenvalue weighted by Crippen LogP contribution is 2.28. The summed E-state index contributed by atoms with van der Waals surface area (Å²) in [4.78, 5) is 24.4. The third-order valence-electron chi connectivity index (χ3n) is 3.53. The normalized spacial score (nSPS) is 20.0. The first kappa shape index (κ1) is 19.0. The van der Waals surface area contributed by atoms with Gasteiger partial charge in [0.15, 0.2) is 0 Å². The van der Waals surface area contributed by atoms with E-state index in [2.05, 4.69) is 21.5 Å². The van der Waals surface area contributed by atoms with E-state index in [0.717, 1.165) is 0 Å². The predicted molar refractivity (Wildman–Crippen MR) is 95.6 cm³/mol. The average Bonchev–Trinajstić information content (AvgIpc) is 2.93.